The number of carbonyl (C=O) groups is 1. The van der Waals surface area contributed by atoms with Crippen LogP contribution < -0.4 is 5.32 Å². The Bertz CT molecular complexity index is 481. The van der Waals surface area contributed by atoms with Gasteiger partial charge in [0, 0.05) is 5.69 Å². The van der Waals surface area contributed by atoms with Gasteiger partial charge in [0.25, 0.3) is 0 Å². The molecule has 19 heavy (non-hydrogen) atoms. The number of aryl methyl sites for hydroxylation is 2. The lowest BCUT2D eigenvalue weighted by molar-refractivity contribution is -0.148. The maximum atomic E-state index is 12.0. The Balaban J connectivity index is 2.32. The molecule has 0 bridgehead atoms. The third-order valence-electron chi connectivity index (χ3n) is 4.09. The normalized spacial score (nSPS) is 17.7. The number of likely N-dealkylation sites (N-methyl/N-ethyl adjacent to an activating group) is 1. The highest BCUT2D eigenvalue weighted by molar-refractivity contribution is 5.80. The highest BCUT2D eigenvalue weighted by Crippen LogP contribution is 2.24. The fourth-order valence-electron chi connectivity index (χ4n) is 2.73. The molecule has 0 saturated heterocycles. The molecule has 1 heterocycles. The number of nitrogens with zero attached hydrogens (tertiary/aromatic N) is 2. The first kappa shape index (κ1) is 14.1. The van der Waals surface area contributed by atoms with Gasteiger partial charge in [-0.05, 0) is 46.6 Å². The number of imidazole rings is 1. The average molecular weight is 265 g/mol. The van der Waals surface area contributed by atoms with Crippen molar-refractivity contribution in [3.05, 3.63) is 17.2 Å². The zero-order valence-electron chi connectivity index (χ0n) is 12.2. The largest absolute Gasteiger partial charge is 0.468 e. The minimum absolute atomic E-state index is 0.243. The van der Waals surface area contributed by atoms with Gasteiger partial charge in [0.05, 0.1) is 19.3 Å². The van der Waals surface area contributed by atoms with Gasteiger partial charge in [-0.1, -0.05) is 0 Å². The number of nitrogens with one attached hydrogen (secondary N) is 1. The van der Waals surface area contributed by atoms with Gasteiger partial charge in [0.15, 0.2) is 0 Å². The SMILES string of the molecule is CNC(C)(Cn1c(C)nc2c1CCCC2)C(=O)OC. The van der Waals surface area contributed by atoms with Crippen molar-refractivity contribution in [3.8, 4) is 0 Å². The Morgan fingerprint density at radius 1 is 1.47 bits per heavy atom. The monoisotopic (exact) mass is 265 g/mol. The molecule has 2 rings (SSSR count). The lowest BCUT2D eigenvalue weighted by Gasteiger charge is -2.28. The Morgan fingerprint density at radius 2 is 2.16 bits per heavy atom. The van der Waals surface area contributed by atoms with Crippen LogP contribution in [0.3, 0.4) is 0 Å². The van der Waals surface area contributed by atoms with E-state index < -0.39 is 5.54 Å². The van der Waals surface area contributed by atoms with Gasteiger partial charge in [-0.3, -0.25) is 0 Å². The van der Waals surface area contributed by atoms with E-state index in [4.69, 9.17) is 4.74 Å². The molecular formula is C14H23N3O2. The second kappa shape index (κ2) is 5.33. The molecule has 0 aliphatic heterocycles. The van der Waals surface area contributed by atoms with Gasteiger partial charge in [-0.15, -0.1) is 0 Å². The summed E-state index contributed by atoms with van der Waals surface area (Å²) in [7, 11) is 3.21. The molecule has 0 saturated carbocycles. The van der Waals surface area contributed by atoms with E-state index in [2.05, 4.69) is 14.9 Å². The van der Waals surface area contributed by atoms with Gasteiger partial charge in [-0.25, -0.2) is 9.78 Å². The Labute approximate surface area is 114 Å². The van der Waals surface area contributed by atoms with Crippen molar-refractivity contribution in [1.29, 1.82) is 0 Å². The molecule has 1 aliphatic carbocycles. The van der Waals surface area contributed by atoms with E-state index in [-0.39, 0.29) is 5.97 Å². The van der Waals surface area contributed by atoms with Crippen LogP contribution in [0.4, 0.5) is 0 Å². The zero-order valence-corrected chi connectivity index (χ0v) is 12.2. The summed E-state index contributed by atoms with van der Waals surface area (Å²) in [5, 5.41) is 3.08. The van der Waals surface area contributed by atoms with Crippen LogP contribution in [-0.4, -0.2) is 35.2 Å². The summed E-state index contributed by atoms with van der Waals surface area (Å²) in [5.41, 5.74) is 1.77. The lowest BCUT2D eigenvalue weighted by atomic mass is 9.99. The van der Waals surface area contributed by atoms with E-state index in [1.165, 1.54) is 31.3 Å². The summed E-state index contributed by atoms with van der Waals surface area (Å²) in [6.45, 7) is 4.43. The van der Waals surface area contributed by atoms with E-state index in [0.29, 0.717) is 6.54 Å². The van der Waals surface area contributed by atoms with E-state index in [1.54, 1.807) is 7.05 Å². The number of aromatic nitrogens is 2. The fraction of sp³-hybridized carbons (Fsp3) is 0.714. The first-order chi connectivity index (χ1) is 9.01. The van der Waals surface area contributed by atoms with E-state index >= 15 is 0 Å². The number of hydrogen-bond acceptors (Lipinski definition) is 4. The number of hydrogen-bond donors (Lipinski definition) is 1. The van der Waals surface area contributed by atoms with Crippen LogP contribution >= 0.6 is 0 Å². The molecule has 0 fully saturated rings. The zero-order chi connectivity index (χ0) is 14.0. The molecule has 106 valence electrons. The summed E-state index contributed by atoms with van der Waals surface area (Å²) in [4.78, 5) is 16.6. The molecule has 1 aromatic rings. The quantitative estimate of drug-likeness (QED) is 0.832. The molecule has 1 unspecified atom stereocenters. The highest BCUT2D eigenvalue weighted by Gasteiger charge is 2.35. The summed E-state index contributed by atoms with van der Waals surface area (Å²) in [6.07, 6.45) is 4.52. The minimum Gasteiger partial charge on any atom is -0.468 e. The molecule has 5 heteroatoms. The predicted molar refractivity (Wildman–Crippen MR) is 73.1 cm³/mol. The molecule has 1 aromatic heterocycles. The maximum Gasteiger partial charge on any atom is 0.327 e. The number of carbonyl (C=O) groups excluding carboxylic acids is 1. The van der Waals surface area contributed by atoms with Crippen molar-refractivity contribution in [2.24, 2.45) is 0 Å². The second-order valence-electron chi connectivity index (χ2n) is 5.42. The van der Waals surface area contributed by atoms with Gasteiger partial charge in [-0.2, -0.15) is 0 Å². The topological polar surface area (TPSA) is 56.2 Å². The van der Waals surface area contributed by atoms with Gasteiger partial charge < -0.3 is 14.6 Å². The smallest absolute Gasteiger partial charge is 0.327 e. The summed E-state index contributed by atoms with van der Waals surface area (Å²) < 4.78 is 7.07. The molecule has 0 spiro atoms. The van der Waals surface area contributed by atoms with Crippen LogP contribution in [0.2, 0.25) is 0 Å². The van der Waals surface area contributed by atoms with Crippen LogP contribution in [0, 0.1) is 6.92 Å². The lowest BCUT2D eigenvalue weighted by Crippen LogP contribution is -2.51. The first-order valence-electron chi connectivity index (χ1n) is 6.84. The number of ether oxygens (including phenoxy) is 1. The Morgan fingerprint density at radius 3 is 2.79 bits per heavy atom. The van der Waals surface area contributed by atoms with Gasteiger partial charge >= 0.3 is 5.97 Å². The van der Waals surface area contributed by atoms with Crippen molar-refractivity contribution in [1.82, 2.24) is 14.9 Å². The predicted octanol–water partition coefficient (Wildman–Crippen LogP) is 1.22. The van der Waals surface area contributed by atoms with E-state index in [0.717, 1.165) is 18.7 Å². The first-order valence-corrected chi connectivity index (χ1v) is 6.84. The second-order valence-corrected chi connectivity index (χ2v) is 5.42. The highest BCUT2D eigenvalue weighted by atomic mass is 16.5. The third kappa shape index (κ3) is 2.52. The van der Waals surface area contributed by atoms with Crippen molar-refractivity contribution in [2.75, 3.05) is 14.2 Å². The molecule has 1 aliphatic rings. The van der Waals surface area contributed by atoms with Crippen molar-refractivity contribution < 1.29 is 9.53 Å². The van der Waals surface area contributed by atoms with E-state index in [1.807, 2.05) is 13.8 Å². The fourth-order valence-corrected chi connectivity index (χ4v) is 2.73. The van der Waals surface area contributed by atoms with Crippen LogP contribution in [0.25, 0.3) is 0 Å². The van der Waals surface area contributed by atoms with E-state index in [9.17, 15) is 4.79 Å². The minimum atomic E-state index is -0.717. The summed E-state index contributed by atoms with van der Waals surface area (Å²) >= 11 is 0. The maximum absolute atomic E-state index is 12.0. The Hall–Kier alpha value is -1.36. The molecule has 0 aromatic carbocycles. The van der Waals surface area contributed by atoms with Crippen LogP contribution in [-0.2, 0) is 28.9 Å². The van der Waals surface area contributed by atoms with Crippen LogP contribution in [0.15, 0.2) is 0 Å². The molecule has 1 N–H and O–H groups in total. The van der Waals surface area contributed by atoms with Crippen molar-refractivity contribution in [2.45, 2.75) is 51.6 Å². The Kier molecular flexibility index (Phi) is 3.94. The van der Waals surface area contributed by atoms with Gasteiger partial charge in [0.2, 0.25) is 0 Å². The van der Waals surface area contributed by atoms with Crippen LogP contribution in [0.5, 0.6) is 0 Å². The van der Waals surface area contributed by atoms with Gasteiger partial charge in [0.1, 0.15) is 11.4 Å². The third-order valence-corrected chi connectivity index (χ3v) is 4.09. The number of methoxy groups -OCH3 is 1. The summed E-state index contributed by atoms with van der Waals surface area (Å²) in [5.74, 6) is 0.741. The number of fused-ring (bicyclic) bond motifs is 1. The van der Waals surface area contributed by atoms with Crippen LogP contribution in [0.1, 0.15) is 37.0 Å². The van der Waals surface area contributed by atoms with Crippen molar-refractivity contribution >= 4 is 5.97 Å². The number of rotatable bonds is 4. The molecular weight excluding hydrogens is 242 g/mol. The van der Waals surface area contributed by atoms with Crippen molar-refractivity contribution in [3.63, 3.8) is 0 Å². The molecule has 5 nitrogen and oxygen atoms in total. The standard InChI is InChI=1S/C14H23N3O2/c1-10-16-11-7-5-6-8-12(11)17(10)9-14(2,15-3)13(18)19-4/h15H,5-9H2,1-4H3. The molecule has 0 amide bonds. The number of esters is 1. The average Bonchev–Trinajstić information content (AvgIpc) is 2.74. The summed E-state index contributed by atoms with van der Waals surface area (Å²) in [6, 6.07) is 0. The molecule has 1 atom stereocenters. The molecule has 0 radical (unpaired) electrons.